The van der Waals surface area contributed by atoms with Gasteiger partial charge in [-0.05, 0) is 30.2 Å². The van der Waals surface area contributed by atoms with Crippen LogP contribution < -0.4 is 5.06 Å². The van der Waals surface area contributed by atoms with Gasteiger partial charge in [0.05, 0.1) is 18.4 Å². The van der Waals surface area contributed by atoms with E-state index in [1.165, 1.54) is 20.1 Å². The van der Waals surface area contributed by atoms with Crippen LogP contribution >= 0.6 is 0 Å². The van der Waals surface area contributed by atoms with E-state index < -0.39 is 11.9 Å². The molecule has 0 unspecified atom stereocenters. The largest absolute Gasteiger partial charge is 0.475 e. The van der Waals surface area contributed by atoms with Crippen molar-refractivity contribution in [2.75, 3.05) is 12.2 Å². The standard InChI is InChI=1S/C20H17NO5/c1-13-17(12-18(26-13)20(23)24)19(22)21(25-2)16-10-8-15(9-11-16)14-6-4-3-5-7-14/h3-12H,1-2H3,(H,23,24). The number of hydrogen-bond acceptors (Lipinski definition) is 4. The van der Waals surface area contributed by atoms with Crippen LogP contribution in [0.3, 0.4) is 0 Å². The van der Waals surface area contributed by atoms with Crippen molar-refractivity contribution in [3.63, 3.8) is 0 Å². The van der Waals surface area contributed by atoms with Crippen molar-refractivity contribution in [3.8, 4) is 11.1 Å². The molecule has 1 amide bonds. The topological polar surface area (TPSA) is 80.0 Å². The Morgan fingerprint density at radius 3 is 2.15 bits per heavy atom. The van der Waals surface area contributed by atoms with Crippen molar-refractivity contribution in [2.24, 2.45) is 0 Å². The molecule has 0 saturated heterocycles. The third-order valence-electron chi connectivity index (χ3n) is 3.93. The van der Waals surface area contributed by atoms with Crippen LogP contribution in [0.1, 0.15) is 26.7 Å². The number of carbonyl (C=O) groups is 2. The Kier molecular flexibility index (Phi) is 4.86. The number of carboxylic acid groups (broad SMARTS) is 1. The van der Waals surface area contributed by atoms with Gasteiger partial charge in [0.15, 0.2) is 0 Å². The molecule has 0 fully saturated rings. The Morgan fingerprint density at radius 1 is 1.00 bits per heavy atom. The number of hydrogen-bond donors (Lipinski definition) is 1. The van der Waals surface area contributed by atoms with E-state index in [0.717, 1.165) is 16.2 Å². The van der Waals surface area contributed by atoms with Gasteiger partial charge in [-0.2, -0.15) is 5.06 Å². The van der Waals surface area contributed by atoms with E-state index >= 15 is 0 Å². The highest BCUT2D eigenvalue weighted by atomic mass is 16.7. The quantitative estimate of drug-likeness (QED) is 0.698. The van der Waals surface area contributed by atoms with Gasteiger partial charge in [0.25, 0.3) is 5.91 Å². The van der Waals surface area contributed by atoms with Crippen molar-refractivity contribution in [1.82, 2.24) is 0 Å². The summed E-state index contributed by atoms with van der Waals surface area (Å²) in [5.41, 5.74) is 2.72. The zero-order valence-electron chi connectivity index (χ0n) is 14.3. The fraction of sp³-hybridized carbons (Fsp3) is 0.100. The van der Waals surface area contributed by atoms with Crippen LogP contribution in [0.2, 0.25) is 0 Å². The molecule has 0 spiro atoms. The van der Waals surface area contributed by atoms with Crippen molar-refractivity contribution < 1.29 is 24.0 Å². The number of hydroxylamine groups is 1. The number of carboxylic acids is 1. The average Bonchev–Trinajstić information content (AvgIpc) is 3.06. The summed E-state index contributed by atoms with van der Waals surface area (Å²) in [7, 11) is 1.37. The molecule has 0 atom stereocenters. The average molecular weight is 351 g/mol. The highest BCUT2D eigenvalue weighted by molar-refractivity contribution is 6.06. The highest BCUT2D eigenvalue weighted by Crippen LogP contribution is 2.25. The molecule has 3 aromatic rings. The van der Waals surface area contributed by atoms with Gasteiger partial charge in [-0.25, -0.2) is 4.79 Å². The molecule has 0 saturated carbocycles. The number of aromatic carboxylic acids is 1. The minimum Gasteiger partial charge on any atom is -0.475 e. The molecule has 3 rings (SSSR count). The number of anilines is 1. The molecule has 1 aromatic heterocycles. The lowest BCUT2D eigenvalue weighted by atomic mass is 10.1. The van der Waals surface area contributed by atoms with E-state index in [0.29, 0.717) is 5.69 Å². The molecule has 0 aliphatic rings. The maximum atomic E-state index is 12.7. The summed E-state index contributed by atoms with van der Waals surface area (Å²) in [6.07, 6.45) is 0. The van der Waals surface area contributed by atoms with E-state index in [9.17, 15) is 9.59 Å². The highest BCUT2D eigenvalue weighted by Gasteiger charge is 2.24. The first kappa shape index (κ1) is 17.4. The van der Waals surface area contributed by atoms with E-state index in [2.05, 4.69) is 0 Å². The van der Waals surface area contributed by atoms with E-state index in [4.69, 9.17) is 14.4 Å². The molecule has 0 aliphatic heterocycles. The second kappa shape index (κ2) is 7.25. The third kappa shape index (κ3) is 3.36. The molecule has 0 aliphatic carbocycles. The first-order chi connectivity index (χ1) is 12.5. The van der Waals surface area contributed by atoms with Gasteiger partial charge < -0.3 is 9.52 Å². The normalized spacial score (nSPS) is 10.5. The third-order valence-corrected chi connectivity index (χ3v) is 3.93. The van der Waals surface area contributed by atoms with Crippen LogP contribution in [-0.2, 0) is 4.84 Å². The van der Waals surface area contributed by atoms with Crippen molar-refractivity contribution >= 4 is 17.6 Å². The number of carbonyl (C=O) groups excluding carboxylic acids is 1. The summed E-state index contributed by atoms with van der Waals surface area (Å²) in [6, 6.07) is 18.3. The Bertz CT molecular complexity index is 929. The minimum absolute atomic E-state index is 0.136. The van der Waals surface area contributed by atoms with Crippen LogP contribution in [-0.4, -0.2) is 24.1 Å². The van der Waals surface area contributed by atoms with Gasteiger partial charge in [0.2, 0.25) is 5.76 Å². The van der Waals surface area contributed by atoms with Crippen LogP contribution in [0.15, 0.2) is 65.1 Å². The molecule has 6 heteroatoms. The second-order valence-corrected chi connectivity index (χ2v) is 5.58. The summed E-state index contributed by atoms with van der Waals surface area (Å²) >= 11 is 0. The molecule has 2 aromatic carbocycles. The number of amides is 1. The van der Waals surface area contributed by atoms with Crippen LogP contribution in [0.5, 0.6) is 0 Å². The molecular weight excluding hydrogens is 334 g/mol. The molecule has 0 radical (unpaired) electrons. The van der Waals surface area contributed by atoms with Gasteiger partial charge in [-0.15, -0.1) is 0 Å². The number of nitrogens with zero attached hydrogens (tertiary/aromatic N) is 1. The van der Waals surface area contributed by atoms with Crippen LogP contribution in [0, 0.1) is 6.92 Å². The van der Waals surface area contributed by atoms with Crippen molar-refractivity contribution in [3.05, 3.63) is 77.7 Å². The Hall–Kier alpha value is -3.38. The maximum Gasteiger partial charge on any atom is 0.371 e. The van der Waals surface area contributed by atoms with E-state index in [1.807, 2.05) is 42.5 Å². The predicted molar refractivity (Wildman–Crippen MR) is 96.1 cm³/mol. The smallest absolute Gasteiger partial charge is 0.371 e. The lowest BCUT2D eigenvalue weighted by molar-refractivity contribution is 0.0660. The summed E-state index contributed by atoms with van der Waals surface area (Å²) < 4.78 is 5.10. The van der Waals surface area contributed by atoms with E-state index in [-0.39, 0.29) is 17.1 Å². The minimum atomic E-state index is -1.23. The molecule has 132 valence electrons. The van der Waals surface area contributed by atoms with Crippen LogP contribution in [0.4, 0.5) is 5.69 Å². The van der Waals surface area contributed by atoms with Gasteiger partial charge in [0, 0.05) is 6.07 Å². The zero-order valence-corrected chi connectivity index (χ0v) is 14.3. The van der Waals surface area contributed by atoms with Gasteiger partial charge in [-0.3, -0.25) is 9.63 Å². The number of rotatable bonds is 5. The molecule has 0 bridgehead atoms. The maximum absolute atomic E-state index is 12.7. The van der Waals surface area contributed by atoms with Crippen molar-refractivity contribution in [1.29, 1.82) is 0 Å². The van der Waals surface area contributed by atoms with Gasteiger partial charge >= 0.3 is 5.97 Å². The summed E-state index contributed by atoms with van der Waals surface area (Å²) in [4.78, 5) is 29.0. The fourth-order valence-corrected chi connectivity index (χ4v) is 2.63. The molecule has 26 heavy (non-hydrogen) atoms. The fourth-order valence-electron chi connectivity index (χ4n) is 2.63. The lowest BCUT2D eigenvalue weighted by Gasteiger charge is -2.19. The predicted octanol–water partition coefficient (Wildman–Crippen LogP) is 4.16. The Morgan fingerprint density at radius 2 is 1.62 bits per heavy atom. The second-order valence-electron chi connectivity index (χ2n) is 5.58. The molecular formula is C20H17NO5. The molecule has 6 nitrogen and oxygen atoms in total. The van der Waals surface area contributed by atoms with E-state index in [1.54, 1.807) is 12.1 Å². The Labute approximate surface area is 150 Å². The SMILES string of the molecule is CON(C(=O)c1cc(C(=O)O)oc1C)c1ccc(-c2ccccc2)cc1. The van der Waals surface area contributed by atoms with Crippen molar-refractivity contribution in [2.45, 2.75) is 6.92 Å². The monoisotopic (exact) mass is 351 g/mol. The molecule has 1 N–H and O–H groups in total. The number of aryl methyl sites for hydroxylation is 1. The lowest BCUT2D eigenvalue weighted by Crippen LogP contribution is -2.29. The summed E-state index contributed by atoms with van der Waals surface area (Å²) in [5.74, 6) is -1.81. The molecule has 1 heterocycles. The van der Waals surface area contributed by atoms with Gasteiger partial charge in [-0.1, -0.05) is 42.5 Å². The first-order valence-corrected chi connectivity index (χ1v) is 7.89. The number of furan rings is 1. The number of benzene rings is 2. The van der Waals surface area contributed by atoms with Gasteiger partial charge in [0.1, 0.15) is 5.76 Å². The summed E-state index contributed by atoms with van der Waals surface area (Å²) in [5, 5.41) is 10.1. The first-order valence-electron chi connectivity index (χ1n) is 7.89. The Balaban J connectivity index is 1.89. The summed E-state index contributed by atoms with van der Waals surface area (Å²) in [6.45, 7) is 1.53. The van der Waals surface area contributed by atoms with Crippen LogP contribution in [0.25, 0.3) is 11.1 Å². The zero-order chi connectivity index (χ0) is 18.7.